The fourth-order valence-electron chi connectivity index (χ4n) is 5.08. The number of methoxy groups -OCH3 is 2. The molecule has 0 radical (unpaired) electrons. The van der Waals surface area contributed by atoms with E-state index in [-0.39, 0.29) is 41.5 Å². The molecular formula is C36H58Cl2N4O8S2. The summed E-state index contributed by atoms with van der Waals surface area (Å²) in [5.74, 6) is 2.77. The van der Waals surface area contributed by atoms with E-state index in [1.54, 1.807) is 12.0 Å². The highest BCUT2D eigenvalue weighted by Gasteiger charge is 2.30. The number of amides is 2. The van der Waals surface area contributed by atoms with Crippen molar-refractivity contribution in [3.63, 3.8) is 0 Å². The second-order valence-electron chi connectivity index (χ2n) is 14.1. The third-order valence-electron chi connectivity index (χ3n) is 7.67. The fraction of sp³-hybridized carbons (Fsp3) is 0.667. The van der Waals surface area contributed by atoms with Crippen LogP contribution in [0.1, 0.15) is 74.7 Å². The van der Waals surface area contributed by atoms with Gasteiger partial charge in [-0.05, 0) is 91.2 Å². The summed E-state index contributed by atoms with van der Waals surface area (Å²) < 4.78 is 45.8. The van der Waals surface area contributed by atoms with E-state index in [1.165, 1.54) is 25.4 Å². The van der Waals surface area contributed by atoms with Crippen molar-refractivity contribution in [2.45, 2.75) is 95.6 Å². The van der Waals surface area contributed by atoms with E-state index in [0.717, 1.165) is 36.6 Å². The van der Waals surface area contributed by atoms with Crippen LogP contribution in [0.5, 0.6) is 11.8 Å². The Kier molecular flexibility index (Phi) is 20.5. The molecule has 2 aromatic heterocycles. The van der Waals surface area contributed by atoms with E-state index in [0.29, 0.717) is 43.6 Å². The van der Waals surface area contributed by atoms with Crippen molar-refractivity contribution in [1.29, 1.82) is 0 Å². The Bertz CT molecular complexity index is 1440. The van der Waals surface area contributed by atoms with Gasteiger partial charge in [-0.25, -0.2) is 28.0 Å². The molecule has 2 aliphatic rings. The maximum absolute atomic E-state index is 12.5. The Hall–Kier alpha value is -2.68. The number of carbonyl (C=O) groups is 2. The predicted octanol–water partition coefficient (Wildman–Crippen LogP) is 8.40. The quantitative estimate of drug-likeness (QED) is 0.188. The van der Waals surface area contributed by atoms with Crippen molar-refractivity contribution >= 4 is 57.0 Å². The summed E-state index contributed by atoms with van der Waals surface area (Å²) in [5, 5.41) is 0.194. The summed E-state index contributed by atoms with van der Waals surface area (Å²) in [4.78, 5) is 37.1. The van der Waals surface area contributed by atoms with Crippen LogP contribution < -0.4 is 9.47 Å². The average molecular weight is 810 g/mol. The molecule has 16 heteroatoms. The summed E-state index contributed by atoms with van der Waals surface area (Å²) in [6.07, 6.45) is 5.97. The van der Waals surface area contributed by atoms with Gasteiger partial charge in [0.2, 0.25) is 11.8 Å². The lowest BCUT2D eigenvalue weighted by Crippen LogP contribution is -2.42. The summed E-state index contributed by atoms with van der Waals surface area (Å²) in [5.41, 5.74) is -0.955. The van der Waals surface area contributed by atoms with Gasteiger partial charge >= 0.3 is 12.2 Å². The molecule has 4 rings (SSSR count). The summed E-state index contributed by atoms with van der Waals surface area (Å²) in [6.45, 7) is 13.8. The number of ether oxygens (including phenoxy) is 4. The minimum absolute atomic E-state index is 0. The summed E-state index contributed by atoms with van der Waals surface area (Å²) in [7, 11) is -0.304. The molecule has 0 spiro atoms. The van der Waals surface area contributed by atoms with Gasteiger partial charge in [0, 0.05) is 61.4 Å². The van der Waals surface area contributed by atoms with E-state index >= 15 is 0 Å². The largest absolute Gasteiger partial charge is 0.481 e. The van der Waals surface area contributed by atoms with Crippen molar-refractivity contribution in [1.82, 2.24) is 19.8 Å². The lowest BCUT2D eigenvalue weighted by Gasteiger charge is -2.33. The van der Waals surface area contributed by atoms with Crippen LogP contribution in [0.15, 0.2) is 46.5 Å². The number of piperidine rings is 2. The number of likely N-dealkylation sites (tertiary alicyclic amines) is 2. The molecule has 2 saturated heterocycles. The second kappa shape index (κ2) is 22.5. The fourth-order valence-corrected chi connectivity index (χ4v) is 7.77. The van der Waals surface area contributed by atoms with Crippen molar-refractivity contribution in [2.75, 3.05) is 57.2 Å². The molecule has 0 atom stereocenters. The number of aromatic nitrogens is 2. The molecule has 2 aromatic rings. The van der Waals surface area contributed by atoms with Crippen molar-refractivity contribution in [3.05, 3.63) is 36.7 Å². The van der Waals surface area contributed by atoms with Crippen LogP contribution in [-0.4, -0.2) is 109 Å². The van der Waals surface area contributed by atoms with Gasteiger partial charge in [-0.15, -0.1) is 35.0 Å². The minimum atomic E-state index is -3.40. The van der Waals surface area contributed by atoms with Gasteiger partial charge in [-0.3, -0.25) is 0 Å². The van der Waals surface area contributed by atoms with E-state index in [1.807, 2.05) is 76.5 Å². The first kappa shape index (κ1) is 47.3. The zero-order valence-corrected chi connectivity index (χ0v) is 34.2. The molecule has 0 saturated carbocycles. The summed E-state index contributed by atoms with van der Waals surface area (Å²) in [6, 6.07) is 6.97. The topological polar surface area (TPSA) is 137 Å². The number of hydrogen-bond donors (Lipinski definition) is 0. The van der Waals surface area contributed by atoms with E-state index in [4.69, 9.17) is 42.1 Å². The highest BCUT2D eigenvalue weighted by Crippen LogP contribution is 2.28. The Morgan fingerprint density at radius 1 is 0.769 bits per heavy atom. The second-order valence-corrected chi connectivity index (χ2v) is 18.0. The molecule has 2 fully saturated rings. The van der Waals surface area contributed by atoms with Crippen LogP contribution in [0.4, 0.5) is 9.59 Å². The van der Waals surface area contributed by atoms with E-state index in [9.17, 15) is 18.0 Å². The van der Waals surface area contributed by atoms with E-state index < -0.39 is 21.0 Å². The molecule has 0 aliphatic carbocycles. The molecule has 2 aliphatic heterocycles. The molecule has 2 amide bonds. The van der Waals surface area contributed by atoms with Gasteiger partial charge in [0.25, 0.3) is 0 Å². The molecule has 4 heterocycles. The third kappa shape index (κ3) is 17.9. The van der Waals surface area contributed by atoms with Gasteiger partial charge in [-0.2, -0.15) is 0 Å². The third-order valence-corrected chi connectivity index (χ3v) is 10.8. The molecule has 0 aromatic carbocycles. The van der Waals surface area contributed by atoms with Crippen LogP contribution in [0.2, 0.25) is 0 Å². The highest BCUT2D eigenvalue weighted by atomic mass is 35.5. The lowest BCUT2D eigenvalue weighted by molar-refractivity contribution is 0.0180. The van der Waals surface area contributed by atoms with Gasteiger partial charge in [0.15, 0.2) is 9.84 Å². The first-order chi connectivity index (χ1) is 23.9. The standard InChI is InChI=1S/C17H26N2O5S.C17H26N2O3S.CH2Cl2.CH4/c1-17(2,3)24-16(20)19-9-7-13(8-10-19)12-25(21,22)14-5-6-15(23-4)18-11-14;1-17(2,3)22-16(20)19-9-7-13(8-10-19)12-23-14-5-6-15(21-4)18-11-14;2-1-3;/h5-6,11,13H,7-10,12H2,1-4H3;5-6,11,13H,7-10,12H2,1-4H3;1H2;1H4. The van der Waals surface area contributed by atoms with Crippen LogP contribution in [0.3, 0.4) is 0 Å². The number of carbonyl (C=O) groups excluding carboxylic acids is 2. The zero-order chi connectivity index (χ0) is 38.2. The Morgan fingerprint density at radius 3 is 1.56 bits per heavy atom. The van der Waals surface area contributed by atoms with Gasteiger partial charge in [0.05, 0.1) is 30.2 Å². The van der Waals surface area contributed by atoms with Gasteiger partial charge < -0.3 is 28.7 Å². The lowest BCUT2D eigenvalue weighted by atomic mass is 9.99. The van der Waals surface area contributed by atoms with Gasteiger partial charge in [-0.1, -0.05) is 7.43 Å². The Labute approximate surface area is 325 Å². The molecule has 0 unspecified atom stereocenters. The van der Waals surface area contributed by atoms with Crippen molar-refractivity contribution < 1.29 is 37.0 Å². The zero-order valence-electron chi connectivity index (χ0n) is 31.0. The SMILES string of the molecule is C.COc1ccc(S(=O)(=O)CC2CCN(C(=O)OC(C)(C)C)CC2)cn1.COc1ccc(SCC2CCN(C(=O)OC(C)(C)C)CC2)cn1.ClCCl. The first-order valence-corrected chi connectivity index (χ1v) is 20.5. The maximum Gasteiger partial charge on any atom is 0.410 e. The van der Waals surface area contributed by atoms with Crippen LogP contribution in [0.25, 0.3) is 0 Å². The smallest absolute Gasteiger partial charge is 0.410 e. The van der Waals surface area contributed by atoms with Crippen molar-refractivity contribution in [2.24, 2.45) is 11.8 Å². The molecule has 52 heavy (non-hydrogen) atoms. The van der Waals surface area contributed by atoms with E-state index in [2.05, 4.69) is 9.97 Å². The minimum Gasteiger partial charge on any atom is -0.481 e. The molecule has 0 bridgehead atoms. The van der Waals surface area contributed by atoms with Crippen LogP contribution in [0, 0.1) is 11.8 Å². The first-order valence-electron chi connectivity index (χ1n) is 16.8. The molecule has 12 nitrogen and oxygen atoms in total. The summed E-state index contributed by atoms with van der Waals surface area (Å²) >= 11 is 11.3. The van der Waals surface area contributed by atoms with Crippen LogP contribution >= 0.6 is 35.0 Å². The number of halogens is 2. The molecular weight excluding hydrogens is 751 g/mol. The number of rotatable bonds is 8. The molecule has 296 valence electrons. The Balaban J connectivity index is 0.000000476. The van der Waals surface area contributed by atoms with Gasteiger partial charge in [0.1, 0.15) is 11.2 Å². The number of sulfone groups is 1. The van der Waals surface area contributed by atoms with Crippen molar-refractivity contribution in [3.8, 4) is 11.8 Å². The number of thioether (sulfide) groups is 1. The number of alkyl halides is 2. The number of pyridine rings is 2. The van der Waals surface area contributed by atoms with Crippen LogP contribution in [-0.2, 0) is 19.3 Å². The maximum atomic E-state index is 12.5. The predicted molar refractivity (Wildman–Crippen MR) is 209 cm³/mol. The average Bonchev–Trinajstić information content (AvgIpc) is 3.07. The normalized spacial score (nSPS) is 15.5. The number of hydrogen-bond acceptors (Lipinski definition) is 11. The number of nitrogens with zero attached hydrogens (tertiary/aromatic N) is 4. The Morgan fingerprint density at radius 2 is 1.19 bits per heavy atom. The monoisotopic (exact) mass is 808 g/mol. The molecule has 0 N–H and O–H groups in total. The highest BCUT2D eigenvalue weighted by molar-refractivity contribution is 7.99.